The van der Waals surface area contributed by atoms with Crippen LogP contribution in [0.25, 0.3) is 0 Å². The van der Waals surface area contributed by atoms with E-state index >= 15 is 4.79 Å². The molecule has 11 nitrogen and oxygen atoms in total. The van der Waals surface area contributed by atoms with Crippen molar-refractivity contribution in [3.63, 3.8) is 0 Å². The standard InChI is InChI=1S/C41H40IN3O8/c1-44(31(37(47)43-21-22-46)23-26-11-5-2-6-12-26)39(49)40-24-32-33-34(52-41(51-33,28-13-7-3-8-14-28)29-15-9-4-10-16-29)36(40)53-45(35(40)38(48)50-32)25-27-17-19-30(42)20-18-27/h2-20,31-36,46H,21-25H2,1H3,(H,43,47). The number of aliphatic hydroxyl groups excluding tert-OH is 1. The Labute approximate surface area is 321 Å². The summed E-state index contributed by atoms with van der Waals surface area (Å²) >= 11 is 2.24. The zero-order valence-corrected chi connectivity index (χ0v) is 31.2. The molecular weight excluding hydrogens is 789 g/mol. The van der Waals surface area contributed by atoms with E-state index in [1.165, 1.54) is 4.90 Å². The van der Waals surface area contributed by atoms with Crippen molar-refractivity contribution in [1.29, 1.82) is 0 Å². The van der Waals surface area contributed by atoms with Crippen LogP contribution in [0.1, 0.15) is 28.7 Å². The molecule has 7 atom stereocenters. The molecule has 2 N–H and O–H groups in total. The summed E-state index contributed by atoms with van der Waals surface area (Å²) in [5, 5.41) is 13.8. The molecule has 2 bridgehead atoms. The average Bonchev–Trinajstić information content (AvgIpc) is 3.77. The number of hydrogen-bond acceptors (Lipinski definition) is 9. The molecule has 4 fully saturated rings. The van der Waals surface area contributed by atoms with Gasteiger partial charge in [-0.1, -0.05) is 103 Å². The van der Waals surface area contributed by atoms with Gasteiger partial charge in [-0.05, 0) is 45.9 Å². The van der Waals surface area contributed by atoms with Gasteiger partial charge in [-0.25, -0.2) is 0 Å². The fourth-order valence-corrected chi connectivity index (χ4v) is 8.81. The van der Waals surface area contributed by atoms with Crippen molar-refractivity contribution < 1.29 is 38.5 Å². The van der Waals surface area contributed by atoms with Crippen LogP contribution in [-0.4, -0.2) is 89.6 Å². The number of likely N-dealkylation sites (N-methyl/N-ethyl adjacent to an activating group) is 1. The Morgan fingerprint density at radius 2 is 1.49 bits per heavy atom. The molecule has 4 aliphatic rings. The summed E-state index contributed by atoms with van der Waals surface area (Å²) in [6.45, 7) is -0.0307. The van der Waals surface area contributed by atoms with Crippen LogP contribution in [0.4, 0.5) is 0 Å². The van der Waals surface area contributed by atoms with Crippen LogP contribution in [0.15, 0.2) is 115 Å². The molecular formula is C41H40IN3O8. The number of fused-ring (bicyclic) bond motifs is 4. The molecule has 3 heterocycles. The Hall–Kier alpha value is -4.18. The van der Waals surface area contributed by atoms with Crippen LogP contribution < -0.4 is 5.32 Å². The maximum absolute atomic E-state index is 15.5. The molecule has 53 heavy (non-hydrogen) atoms. The molecule has 8 rings (SSSR count). The third-order valence-electron chi connectivity index (χ3n) is 10.9. The molecule has 4 aromatic rings. The lowest BCUT2D eigenvalue weighted by atomic mass is 9.62. The lowest BCUT2D eigenvalue weighted by molar-refractivity contribution is -0.214. The molecule has 7 unspecified atom stereocenters. The molecule has 0 aromatic heterocycles. The van der Waals surface area contributed by atoms with Gasteiger partial charge in [-0.3, -0.25) is 19.2 Å². The van der Waals surface area contributed by atoms with E-state index in [0.717, 1.165) is 25.8 Å². The number of esters is 1. The lowest BCUT2D eigenvalue weighted by Crippen LogP contribution is -2.70. The van der Waals surface area contributed by atoms with E-state index in [0.29, 0.717) is 0 Å². The number of aliphatic hydroxyl groups is 1. The summed E-state index contributed by atoms with van der Waals surface area (Å²) < 4.78 is 21.3. The molecule has 1 aliphatic carbocycles. The SMILES string of the molecule is CN(C(=O)C12CC3OC(=O)C1N(Cc1ccc(I)cc1)OC2C1OC(c2ccccc2)(c2ccccc2)OC31)C(Cc1ccccc1)C(=O)NCCO. The van der Waals surface area contributed by atoms with Crippen molar-refractivity contribution in [2.75, 3.05) is 20.2 Å². The van der Waals surface area contributed by atoms with Gasteiger partial charge in [0.15, 0.2) is 6.04 Å². The minimum Gasteiger partial charge on any atom is -0.458 e. The van der Waals surface area contributed by atoms with Crippen molar-refractivity contribution in [3.8, 4) is 0 Å². The third kappa shape index (κ3) is 6.24. The number of hydrogen-bond donors (Lipinski definition) is 2. The Kier molecular flexibility index (Phi) is 9.85. The van der Waals surface area contributed by atoms with E-state index < -0.39 is 65.5 Å². The Balaban J connectivity index is 1.23. The molecule has 3 aliphatic heterocycles. The average molecular weight is 830 g/mol. The van der Waals surface area contributed by atoms with Gasteiger partial charge in [-0.2, -0.15) is 5.06 Å². The van der Waals surface area contributed by atoms with Crippen molar-refractivity contribution in [2.24, 2.45) is 5.41 Å². The zero-order chi connectivity index (χ0) is 36.7. The molecule has 274 valence electrons. The van der Waals surface area contributed by atoms with Gasteiger partial charge in [0, 0.05) is 41.1 Å². The summed E-state index contributed by atoms with van der Waals surface area (Å²) in [7, 11) is 1.59. The minimum absolute atomic E-state index is 0.0276. The van der Waals surface area contributed by atoms with Crippen LogP contribution >= 0.6 is 22.6 Å². The summed E-state index contributed by atoms with van der Waals surface area (Å²) in [6.07, 6.45) is -3.14. The predicted molar refractivity (Wildman–Crippen MR) is 201 cm³/mol. The molecule has 1 saturated carbocycles. The predicted octanol–water partition coefficient (Wildman–Crippen LogP) is 3.95. The van der Waals surface area contributed by atoms with Gasteiger partial charge in [0.25, 0.3) is 0 Å². The van der Waals surface area contributed by atoms with E-state index in [2.05, 4.69) is 27.9 Å². The monoisotopic (exact) mass is 829 g/mol. The van der Waals surface area contributed by atoms with Crippen molar-refractivity contribution >= 4 is 40.4 Å². The number of rotatable bonds is 11. The van der Waals surface area contributed by atoms with Crippen LogP contribution in [0, 0.1) is 8.99 Å². The minimum atomic E-state index is -1.50. The first-order valence-corrected chi connectivity index (χ1v) is 18.9. The third-order valence-corrected chi connectivity index (χ3v) is 11.6. The first kappa shape index (κ1) is 35.8. The molecule has 12 heteroatoms. The number of halogens is 1. The highest BCUT2D eigenvalue weighted by molar-refractivity contribution is 14.1. The number of carbonyl (C=O) groups excluding carboxylic acids is 3. The highest BCUT2D eigenvalue weighted by Gasteiger charge is 2.77. The summed E-state index contributed by atoms with van der Waals surface area (Å²) in [5.74, 6) is -2.84. The van der Waals surface area contributed by atoms with E-state index in [1.807, 2.05) is 115 Å². The van der Waals surface area contributed by atoms with E-state index in [1.54, 1.807) is 12.1 Å². The summed E-state index contributed by atoms with van der Waals surface area (Å²) in [4.78, 5) is 51.8. The topological polar surface area (TPSA) is 127 Å². The van der Waals surface area contributed by atoms with E-state index in [4.69, 9.17) is 19.0 Å². The Bertz CT molecular complexity index is 1910. The Morgan fingerprint density at radius 3 is 2.11 bits per heavy atom. The van der Waals surface area contributed by atoms with Gasteiger partial charge in [-0.15, -0.1) is 0 Å². The van der Waals surface area contributed by atoms with Gasteiger partial charge in [0.05, 0.1) is 13.2 Å². The largest absolute Gasteiger partial charge is 0.458 e. The number of ether oxygens (including phenoxy) is 3. The summed E-state index contributed by atoms with van der Waals surface area (Å²) in [6, 6.07) is 34.4. The van der Waals surface area contributed by atoms with Crippen molar-refractivity contribution in [3.05, 3.63) is 141 Å². The molecule has 0 spiro atoms. The number of carbonyl (C=O) groups is 3. The van der Waals surface area contributed by atoms with Crippen LogP contribution in [-0.2, 0) is 52.2 Å². The second kappa shape index (κ2) is 14.6. The van der Waals surface area contributed by atoms with Crippen molar-refractivity contribution in [1.82, 2.24) is 15.3 Å². The number of nitrogens with zero attached hydrogens (tertiary/aromatic N) is 2. The van der Waals surface area contributed by atoms with Gasteiger partial charge < -0.3 is 29.5 Å². The number of benzene rings is 4. The molecule has 3 saturated heterocycles. The van der Waals surface area contributed by atoms with Gasteiger partial charge >= 0.3 is 5.97 Å². The molecule has 0 radical (unpaired) electrons. The van der Waals surface area contributed by atoms with E-state index in [-0.39, 0.29) is 32.5 Å². The maximum Gasteiger partial charge on any atom is 0.327 e. The first-order valence-electron chi connectivity index (χ1n) is 17.8. The van der Waals surface area contributed by atoms with Crippen LogP contribution in [0.3, 0.4) is 0 Å². The van der Waals surface area contributed by atoms with Gasteiger partial charge in [0.2, 0.25) is 17.6 Å². The van der Waals surface area contributed by atoms with Crippen LogP contribution in [0.5, 0.6) is 0 Å². The van der Waals surface area contributed by atoms with Gasteiger partial charge in [0.1, 0.15) is 35.9 Å². The first-order chi connectivity index (χ1) is 25.7. The fraction of sp³-hybridized carbons (Fsp3) is 0.341. The smallest absolute Gasteiger partial charge is 0.327 e. The number of hydroxylamine groups is 2. The number of nitrogens with one attached hydrogen (secondary N) is 1. The van der Waals surface area contributed by atoms with Crippen LogP contribution in [0.2, 0.25) is 0 Å². The summed E-state index contributed by atoms with van der Waals surface area (Å²) in [5.41, 5.74) is 1.71. The molecule has 2 amide bonds. The quantitative estimate of drug-likeness (QED) is 0.171. The second-order valence-corrected chi connectivity index (χ2v) is 15.2. The van der Waals surface area contributed by atoms with Crippen molar-refractivity contribution in [2.45, 2.75) is 61.7 Å². The maximum atomic E-state index is 15.5. The zero-order valence-electron chi connectivity index (χ0n) is 29.0. The number of amides is 2. The van der Waals surface area contributed by atoms with E-state index in [9.17, 15) is 14.7 Å². The Morgan fingerprint density at radius 1 is 0.887 bits per heavy atom. The highest BCUT2D eigenvalue weighted by atomic mass is 127. The highest BCUT2D eigenvalue weighted by Crippen LogP contribution is 2.59. The fourth-order valence-electron chi connectivity index (χ4n) is 8.45. The second-order valence-electron chi connectivity index (χ2n) is 14.0. The normalized spacial score (nSPS) is 27.4. The lowest BCUT2D eigenvalue weighted by Gasteiger charge is -2.50. The molecule has 4 aromatic carbocycles.